The first-order valence-electron chi connectivity index (χ1n) is 16.9. The molecule has 3 heterocycles. The lowest BCUT2D eigenvalue weighted by Gasteiger charge is -2.13. The van der Waals surface area contributed by atoms with E-state index in [1.54, 1.807) is 0 Å². The molecule has 0 saturated heterocycles. The summed E-state index contributed by atoms with van der Waals surface area (Å²) in [4.78, 5) is 10.9. The Hall–Kier alpha value is -6.78. The maximum absolute atomic E-state index is 6.52. The molecule has 0 aliphatic heterocycles. The quantitative estimate of drug-likeness (QED) is 0.194. The Bertz CT molecular complexity index is 3150. The fraction of sp³-hybridized carbons (Fsp3) is 0. The van der Waals surface area contributed by atoms with Crippen LogP contribution < -0.4 is 0 Å². The van der Waals surface area contributed by atoms with E-state index in [9.17, 15) is 0 Å². The lowest BCUT2D eigenvalue weighted by atomic mass is 9.97. The molecule has 0 aliphatic carbocycles. The molecule has 0 unspecified atom stereocenters. The third kappa shape index (κ3) is 3.87. The van der Waals surface area contributed by atoms with E-state index in [4.69, 9.17) is 14.4 Å². The molecule has 0 fully saturated rings. The predicted molar refractivity (Wildman–Crippen MR) is 207 cm³/mol. The van der Waals surface area contributed by atoms with E-state index in [0.717, 1.165) is 71.6 Å². The van der Waals surface area contributed by atoms with Crippen molar-refractivity contribution in [1.29, 1.82) is 0 Å². The van der Waals surface area contributed by atoms with Crippen LogP contribution in [0.5, 0.6) is 0 Å². The number of benzene rings is 8. The van der Waals surface area contributed by atoms with Crippen molar-refractivity contribution in [2.45, 2.75) is 0 Å². The van der Waals surface area contributed by atoms with Gasteiger partial charge in [-0.3, -0.25) is 0 Å². The monoisotopic (exact) mass is 637 g/mol. The van der Waals surface area contributed by atoms with Crippen LogP contribution in [0.15, 0.2) is 168 Å². The van der Waals surface area contributed by atoms with E-state index < -0.39 is 0 Å². The van der Waals surface area contributed by atoms with Gasteiger partial charge in [-0.05, 0) is 64.0 Å². The van der Waals surface area contributed by atoms with Crippen molar-refractivity contribution in [3.05, 3.63) is 164 Å². The smallest absolute Gasteiger partial charge is 0.160 e. The average Bonchev–Trinajstić information content (AvgIpc) is 3.74. The molecule has 0 atom stereocenters. The van der Waals surface area contributed by atoms with E-state index >= 15 is 0 Å². The van der Waals surface area contributed by atoms with Crippen LogP contribution in [0.3, 0.4) is 0 Å². The Labute approximate surface area is 286 Å². The van der Waals surface area contributed by atoms with Gasteiger partial charge in [0.25, 0.3) is 0 Å². The van der Waals surface area contributed by atoms with Crippen molar-refractivity contribution in [2.24, 2.45) is 0 Å². The van der Waals surface area contributed by atoms with Gasteiger partial charge in [-0.25, -0.2) is 9.97 Å². The highest BCUT2D eigenvalue weighted by Gasteiger charge is 2.21. The summed E-state index contributed by atoms with van der Waals surface area (Å²) in [5, 5.41) is 10.1. The van der Waals surface area contributed by atoms with Gasteiger partial charge in [0.1, 0.15) is 11.2 Å². The summed E-state index contributed by atoms with van der Waals surface area (Å²) in [6.45, 7) is 0. The number of fused-ring (bicyclic) bond motifs is 11. The zero-order valence-corrected chi connectivity index (χ0v) is 26.8. The van der Waals surface area contributed by atoms with Crippen LogP contribution in [0.1, 0.15) is 0 Å². The molecule has 0 bridgehead atoms. The molecule has 3 aromatic heterocycles. The third-order valence-electron chi connectivity index (χ3n) is 10.2. The zero-order valence-electron chi connectivity index (χ0n) is 26.8. The van der Waals surface area contributed by atoms with Crippen LogP contribution in [-0.4, -0.2) is 14.5 Å². The van der Waals surface area contributed by atoms with Crippen LogP contribution in [0, 0.1) is 0 Å². The van der Waals surface area contributed by atoms with Gasteiger partial charge in [-0.15, -0.1) is 0 Å². The summed E-state index contributed by atoms with van der Waals surface area (Å²) in [5.74, 6) is 0.675. The van der Waals surface area contributed by atoms with Crippen molar-refractivity contribution in [2.75, 3.05) is 0 Å². The van der Waals surface area contributed by atoms with E-state index in [-0.39, 0.29) is 0 Å². The zero-order chi connectivity index (χ0) is 32.8. The highest BCUT2D eigenvalue weighted by molar-refractivity contribution is 6.27. The number of hydrogen-bond donors (Lipinski definition) is 0. The number of rotatable bonds is 3. The molecule has 4 nitrogen and oxygen atoms in total. The maximum atomic E-state index is 6.52. The second-order valence-corrected chi connectivity index (χ2v) is 12.9. The van der Waals surface area contributed by atoms with Gasteiger partial charge < -0.3 is 8.98 Å². The normalized spacial score (nSPS) is 12.0. The minimum atomic E-state index is 0.675. The number of furan rings is 1. The Morgan fingerprint density at radius 3 is 1.98 bits per heavy atom. The first kappa shape index (κ1) is 27.2. The summed E-state index contributed by atoms with van der Waals surface area (Å²) in [5.41, 5.74) is 8.89. The van der Waals surface area contributed by atoms with Gasteiger partial charge in [0.15, 0.2) is 5.82 Å². The van der Waals surface area contributed by atoms with Crippen molar-refractivity contribution >= 4 is 76.2 Å². The van der Waals surface area contributed by atoms with Gasteiger partial charge >= 0.3 is 0 Å². The Morgan fingerprint density at radius 1 is 0.440 bits per heavy atom. The Balaban J connectivity index is 1.28. The van der Waals surface area contributed by atoms with E-state index in [1.165, 1.54) is 27.1 Å². The maximum Gasteiger partial charge on any atom is 0.160 e. The molecular weight excluding hydrogens is 611 g/mol. The van der Waals surface area contributed by atoms with Crippen molar-refractivity contribution in [3.8, 4) is 28.3 Å². The van der Waals surface area contributed by atoms with Gasteiger partial charge in [-0.2, -0.15) is 0 Å². The second-order valence-electron chi connectivity index (χ2n) is 12.9. The number of aromatic nitrogens is 3. The SMILES string of the molecule is c1ccc(-n2c3ccccc3c3ccc(-c4nc(-c5cccc6ccccc56)c5ccc6oc7ccc8ccccc8c7c6c5n4)cc32)cc1. The lowest BCUT2D eigenvalue weighted by Crippen LogP contribution is -1.97. The van der Waals surface area contributed by atoms with Crippen LogP contribution in [-0.2, 0) is 0 Å². The second kappa shape index (κ2) is 10.4. The molecule has 0 spiro atoms. The molecule has 0 N–H and O–H groups in total. The molecule has 4 heteroatoms. The fourth-order valence-corrected chi connectivity index (χ4v) is 7.95. The van der Waals surface area contributed by atoms with E-state index in [0.29, 0.717) is 5.82 Å². The van der Waals surface area contributed by atoms with Crippen LogP contribution >= 0.6 is 0 Å². The van der Waals surface area contributed by atoms with Crippen LogP contribution in [0.2, 0.25) is 0 Å². The molecule has 11 aromatic rings. The first-order valence-corrected chi connectivity index (χ1v) is 16.9. The number of para-hydroxylation sites is 2. The van der Waals surface area contributed by atoms with Crippen molar-refractivity contribution in [1.82, 2.24) is 14.5 Å². The lowest BCUT2D eigenvalue weighted by molar-refractivity contribution is 0.669. The standard InChI is InChI=1S/C46H27N3O/c1-2-14-31(15-3-1)49-38-20-9-8-18-34(38)35-23-21-30(27-39(35)49)46-47-44(36-19-10-13-28-11-4-6-16-32(28)36)37-24-26-41-43(45(37)48-46)42-33-17-7-5-12-29(33)22-25-40(42)50-41/h1-27H. The van der Waals surface area contributed by atoms with Crippen molar-refractivity contribution in [3.63, 3.8) is 0 Å². The van der Waals surface area contributed by atoms with E-state index in [2.05, 4.69) is 168 Å². The van der Waals surface area contributed by atoms with Gasteiger partial charge in [0.2, 0.25) is 0 Å². The molecule has 0 radical (unpaired) electrons. The fourth-order valence-electron chi connectivity index (χ4n) is 7.95. The molecule has 0 aliphatic rings. The van der Waals surface area contributed by atoms with Crippen molar-refractivity contribution < 1.29 is 4.42 Å². The molecular formula is C46H27N3O. The topological polar surface area (TPSA) is 43.9 Å². The van der Waals surface area contributed by atoms with E-state index in [1.807, 2.05) is 0 Å². The minimum absolute atomic E-state index is 0.675. The largest absolute Gasteiger partial charge is 0.456 e. The van der Waals surface area contributed by atoms with Crippen LogP contribution in [0.25, 0.3) is 105 Å². The average molecular weight is 638 g/mol. The first-order chi connectivity index (χ1) is 24.8. The van der Waals surface area contributed by atoms with Crippen LogP contribution in [0.4, 0.5) is 0 Å². The third-order valence-corrected chi connectivity index (χ3v) is 10.2. The minimum Gasteiger partial charge on any atom is -0.456 e. The summed E-state index contributed by atoms with van der Waals surface area (Å²) in [6, 6.07) is 57.7. The number of nitrogens with zero attached hydrogens (tertiary/aromatic N) is 3. The summed E-state index contributed by atoms with van der Waals surface area (Å²) in [7, 11) is 0. The van der Waals surface area contributed by atoms with Gasteiger partial charge in [0.05, 0.1) is 27.6 Å². The highest BCUT2D eigenvalue weighted by atomic mass is 16.3. The summed E-state index contributed by atoms with van der Waals surface area (Å²) in [6.07, 6.45) is 0. The molecule has 232 valence electrons. The Kier molecular flexibility index (Phi) is 5.63. The summed E-state index contributed by atoms with van der Waals surface area (Å²) < 4.78 is 8.86. The predicted octanol–water partition coefficient (Wildman–Crippen LogP) is 12.3. The highest BCUT2D eigenvalue weighted by Crippen LogP contribution is 2.42. The molecule has 8 aromatic carbocycles. The Morgan fingerprint density at radius 2 is 1.10 bits per heavy atom. The molecule has 0 saturated carbocycles. The molecule has 0 amide bonds. The van der Waals surface area contributed by atoms with Gasteiger partial charge in [0, 0.05) is 38.4 Å². The summed E-state index contributed by atoms with van der Waals surface area (Å²) >= 11 is 0. The van der Waals surface area contributed by atoms with Gasteiger partial charge in [-0.1, -0.05) is 121 Å². The number of hydrogen-bond acceptors (Lipinski definition) is 3. The molecule has 50 heavy (non-hydrogen) atoms. The molecule has 11 rings (SSSR count).